The van der Waals surface area contributed by atoms with Crippen molar-refractivity contribution in [1.82, 2.24) is 0 Å². The topological polar surface area (TPSA) is 111 Å². The Bertz CT molecular complexity index is 428. The van der Waals surface area contributed by atoms with Gasteiger partial charge in [0, 0.05) is 11.9 Å². The molecule has 12 nitrogen and oxygen atoms in total. The van der Waals surface area contributed by atoms with Crippen LogP contribution in [-0.2, 0) is 56.8 Å². The molecule has 0 fully saturated rings. The van der Waals surface area contributed by atoms with E-state index < -0.39 is 0 Å². The predicted molar refractivity (Wildman–Crippen MR) is 163 cm³/mol. The van der Waals surface area contributed by atoms with Gasteiger partial charge in [-0.25, -0.2) is 0 Å². The highest BCUT2D eigenvalue weighted by Crippen LogP contribution is 1.94. The second-order valence-corrected chi connectivity index (χ2v) is 9.54. The number of hydrogen-bond acceptors (Lipinski definition) is 12. The fourth-order valence-electron chi connectivity index (χ4n) is 3.03. The first-order valence-corrected chi connectivity index (χ1v) is 16.5. The Morgan fingerprint density at radius 1 is 0.262 bits per heavy atom. The summed E-state index contributed by atoms with van der Waals surface area (Å²) in [5, 5.41) is 0.839. The molecule has 13 heteroatoms. The van der Waals surface area contributed by atoms with Crippen LogP contribution in [0.3, 0.4) is 0 Å². The monoisotopic (exact) mass is 678 g/mol. The van der Waals surface area contributed by atoms with Crippen LogP contribution in [0.2, 0.25) is 0 Å². The Hall–Kier alpha value is 0.0000000000000000555. The van der Waals surface area contributed by atoms with Gasteiger partial charge in [0.2, 0.25) is 0 Å². The molecule has 0 amide bonds. The van der Waals surface area contributed by atoms with E-state index in [0.29, 0.717) is 152 Å². The summed E-state index contributed by atoms with van der Waals surface area (Å²) in [5.74, 6) is 0. The van der Waals surface area contributed by atoms with Crippen LogP contribution >= 0.6 is 15.9 Å². The van der Waals surface area contributed by atoms with Crippen LogP contribution in [0.15, 0.2) is 0 Å². The van der Waals surface area contributed by atoms with E-state index in [9.17, 15) is 0 Å². The lowest BCUT2D eigenvalue weighted by Crippen LogP contribution is -2.15. The van der Waals surface area contributed by atoms with Crippen LogP contribution < -0.4 is 0 Å². The van der Waals surface area contributed by atoms with Crippen LogP contribution in [0.5, 0.6) is 0 Å². The highest BCUT2D eigenvalue weighted by molar-refractivity contribution is 9.09. The van der Waals surface area contributed by atoms with Crippen LogP contribution in [0, 0.1) is 0 Å². The molecule has 0 aliphatic rings. The van der Waals surface area contributed by atoms with Gasteiger partial charge in [-0.1, -0.05) is 35.7 Å². The van der Waals surface area contributed by atoms with Crippen LogP contribution in [0.1, 0.15) is 26.2 Å². The maximum absolute atomic E-state index is 5.48. The van der Waals surface area contributed by atoms with Gasteiger partial charge in [0.05, 0.1) is 152 Å². The number of rotatable bonds is 39. The molecule has 0 aliphatic carbocycles. The molecule has 0 N–H and O–H groups in total. The summed E-state index contributed by atoms with van der Waals surface area (Å²) in [7, 11) is 0. The molecule has 0 heterocycles. The highest BCUT2D eigenvalue weighted by Gasteiger charge is 1.96. The van der Waals surface area contributed by atoms with E-state index in [1.807, 2.05) is 0 Å². The molecule has 0 saturated carbocycles. The summed E-state index contributed by atoms with van der Waals surface area (Å²) >= 11 is 3.30. The van der Waals surface area contributed by atoms with Crippen molar-refractivity contribution in [2.45, 2.75) is 26.2 Å². The Kier molecular flexibility index (Phi) is 41.0. The van der Waals surface area contributed by atoms with E-state index in [1.54, 1.807) is 0 Å². The SMILES string of the molecule is CCCCCOCCOCCOCCOCCOCCOCCOCCOCCOCCOCCOCCOCCBr. The Morgan fingerprint density at radius 3 is 0.643 bits per heavy atom. The van der Waals surface area contributed by atoms with Gasteiger partial charge in [0.1, 0.15) is 0 Å². The molecule has 0 radical (unpaired) electrons. The lowest BCUT2D eigenvalue weighted by molar-refractivity contribution is -0.0282. The zero-order valence-corrected chi connectivity index (χ0v) is 27.7. The second-order valence-electron chi connectivity index (χ2n) is 8.74. The number of alkyl halides is 1. The summed E-state index contributed by atoms with van der Waals surface area (Å²) < 4.78 is 65.3. The standard InChI is InChI=1S/C29H59BrO12/c1-2-3-4-6-31-8-10-33-12-14-35-16-18-37-20-22-39-24-26-41-28-29-42-27-25-40-23-21-38-19-17-36-15-13-34-11-9-32-7-5-30/h2-29H2,1H3. The van der Waals surface area contributed by atoms with Crippen molar-refractivity contribution in [3.8, 4) is 0 Å². The maximum atomic E-state index is 5.48. The summed E-state index contributed by atoms with van der Waals surface area (Å²) in [6.07, 6.45) is 3.55. The first-order valence-electron chi connectivity index (χ1n) is 15.4. The third-order valence-electron chi connectivity index (χ3n) is 5.21. The van der Waals surface area contributed by atoms with Gasteiger partial charge >= 0.3 is 0 Å². The van der Waals surface area contributed by atoms with Gasteiger partial charge in [-0.15, -0.1) is 0 Å². The summed E-state index contributed by atoms with van der Waals surface area (Å²) in [6, 6.07) is 0. The average Bonchev–Trinajstić information content (AvgIpc) is 3.00. The van der Waals surface area contributed by atoms with E-state index in [1.165, 1.54) is 12.8 Å². The molecule has 0 saturated heterocycles. The number of hydrogen-bond donors (Lipinski definition) is 0. The zero-order valence-electron chi connectivity index (χ0n) is 26.1. The van der Waals surface area contributed by atoms with Gasteiger partial charge in [-0.3, -0.25) is 0 Å². The molecule has 0 aliphatic heterocycles. The van der Waals surface area contributed by atoms with E-state index in [-0.39, 0.29) is 0 Å². The van der Waals surface area contributed by atoms with Crippen molar-refractivity contribution >= 4 is 15.9 Å². The first-order chi connectivity index (χ1) is 20.9. The van der Waals surface area contributed by atoms with Crippen LogP contribution in [0.25, 0.3) is 0 Å². The average molecular weight is 680 g/mol. The Morgan fingerprint density at radius 2 is 0.452 bits per heavy atom. The molecular formula is C29H59BrO12. The molecular weight excluding hydrogens is 620 g/mol. The van der Waals surface area contributed by atoms with Crippen molar-refractivity contribution in [3.05, 3.63) is 0 Å². The van der Waals surface area contributed by atoms with Crippen LogP contribution in [-0.4, -0.2) is 164 Å². The minimum atomic E-state index is 0.520. The fraction of sp³-hybridized carbons (Fsp3) is 1.00. The van der Waals surface area contributed by atoms with E-state index in [4.69, 9.17) is 56.8 Å². The minimum Gasteiger partial charge on any atom is -0.379 e. The van der Waals surface area contributed by atoms with Gasteiger partial charge in [-0.2, -0.15) is 0 Å². The summed E-state index contributed by atoms with van der Waals surface area (Å²) in [5.41, 5.74) is 0. The van der Waals surface area contributed by atoms with Crippen molar-refractivity contribution in [2.75, 3.05) is 164 Å². The van der Waals surface area contributed by atoms with Gasteiger partial charge in [0.25, 0.3) is 0 Å². The quantitative estimate of drug-likeness (QED) is 0.0704. The molecule has 0 aromatic rings. The number of ether oxygens (including phenoxy) is 12. The second kappa shape index (κ2) is 41.0. The molecule has 254 valence electrons. The molecule has 0 aromatic carbocycles. The highest BCUT2D eigenvalue weighted by atomic mass is 79.9. The zero-order chi connectivity index (χ0) is 30.3. The van der Waals surface area contributed by atoms with Crippen molar-refractivity contribution in [2.24, 2.45) is 0 Å². The van der Waals surface area contributed by atoms with Crippen molar-refractivity contribution in [3.63, 3.8) is 0 Å². The van der Waals surface area contributed by atoms with Gasteiger partial charge in [0.15, 0.2) is 0 Å². The largest absolute Gasteiger partial charge is 0.379 e. The van der Waals surface area contributed by atoms with Gasteiger partial charge in [-0.05, 0) is 6.42 Å². The van der Waals surface area contributed by atoms with Gasteiger partial charge < -0.3 is 56.8 Å². The molecule has 0 spiro atoms. The van der Waals surface area contributed by atoms with E-state index in [2.05, 4.69) is 22.9 Å². The Balaban J connectivity index is 3.02. The predicted octanol–water partition coefficient (Wildman–Crippen LogP) is 2.77. The molecule has 0 rings (SSSR count). The summed E-state index contributed by atoms with van der Waals surface area (Å²) in [4.78, 5) is 0. The van der Waals surface area contributed by atoms with E-state index >= 15 is 0 Å². The van der Waals surface area contributed by atoms with E-state index in [0.717, 1.165) is 18.4 Å². The number of halogens is 1. The molecule has 0 unspecified atom stereocenters. The smallest absolute Gasteiger partial charge is 0.0701 e. The first kappa shape index (κ1) is 42.0. The minimum absolute atomic E-state index is 0.520. The number of unbranched alkanes of at least 4 members (excludes halogenated alkanes) is 2. The van der Waals surface area contributed by atoms with Crippen LogP contribution in [0.4, 0.5) is 0 Å². The van der Waals surface area contributed by atoms with Crippen molar-refractivity contribution < 1.29 is 56.8 Å². The lowest BCUT2D eigenvalue weighted by atomic mass is 10.3. The third-order valence-corrected chi connectivity index (χ3v) is 5.53. The fourth-order valence-corrected chi connectivity index (χ4v) is 3.26. The normalized spacial score (nSPS) is 11.6. The molecule has 0 atom stereocenters. The summed E-state index contributed by atoms with van der Waals surface area (Å²) in [6.45, 7) is 15.7. The Labute approximate surface area is 262 Å². The maximum Gasteiger partial charge on any atom is 0.0701 e. The molecule has 0 aromatic heterocycles. The van der Waals surface area contributed by atoms with Crippen molar-refractivity contribution in [1.29, 1.82) is 0 Å². The lowest BCUT2D eigenvalue weighted by Gasteiger charge is -2.09. The molecule has 42 heavy (non-hydrogen) atoms. The third kappa shape index (κ3) is 40.0. The molecule has 0 bridgehead atoms.